The van der Waals surface area contributed by atoms with Crippen molar-refractivity contribution >= 4 is 47.0 Å². The minimum absolute atomic E-state index is 0.778. The lowest BCUT2D eigenvalue weighted by Crippen LogP contribution is -1.96. The quantitative estimate of drug-likeness (QED) is 0.300. The van der Waals surface area contributed by atoms with Gasteiger partial charge in [-0.1, -0.05) is 25.7 Å². The third kappa shape index (κ3) is 29.6. The highest BCUT2D eigenvalue weighted by atomic mass is 32.2. The van der Waals surface area contributed by atoms with Gasteiger partial charge in [0.1, 0.15) is 0 Å². The molecule has 0 amide bonds. The summed E-state index contributed by atoms with van der Waals surface area (Å²) in [5.41, 5.74) is 0. The summed E-state index contributed by atoms with van der Waals surface area (Å²) in [5.74, 6) is 10.9. The first kappa shape index (κ1) is 34.3. The standard InChI is InChI=1S/C6H12O.C6H12S.C5H10O2.C5H10OS.C5H10S2/c2*1-2-4-6-7-5-3-1;1-2-6-4-5-7-3-1;1-2-6-3-5-7-4-1;1-2-6-4-5-7-3-1/h2*1-6H2;3*1-5H2. The van der Waals surface area contributed by atoms with E-state index in [4.69, 9.17) is 18.9 Å². The number of rotatable bonds is 0. The molecule has 5 aliphatic heterocycles. The zero-order chi connectivity index (χ0) is 24.7. The highest BCUT2D eigenvalue weighted by molar-refractivity contribution is 8.03. The zero-order valence-electron chi connectivity index (χ0n) is 22.4. The van der Waals surface area contributed by atoms with Crippen LogP contribution in [-0.4, -0.2) is 98.9 Å². The van der Waals surface area contributed by atoms with Gasteiger partial charge in [0.15, 0.2) is 0 Å². The van der Waals surface area contributed by atoms with Gasteiger partial charge in [0.2, 0.25) is 0 Å². The van der Waals surface area contributed by atoms with Crippen LogP contribution in [0.3, 0.4) is 0 Å². The van der Waals surface area contributed by atoms with Crippen LogP contribution in [0.4, 0.5) is 0 Å². The fraction of sp³-hybridized carbons (Fsp3) is 1.00. The average Bonchev–Trinajstić information content (AvgIpc) is 3.61. The second kappa shape index (κ2) is 31.5. The van der Waals surface area contributed by atoms with Crippen LogP contribution in [0.5, 0.6) is 0 Å². The highest BCUT2D eigenvalue weighted by Crippen LogP contribution is 2.15. The molecule has 0 aliphatic carbocycles. The summed E-state index contributed by atoms with van der Waals surface area (Å²) in [6, 6.07) is 0. The van der Waals surface area contributed by atoms with Gasteiger partial charge in [0.05, 0.1) is 19.8 Å². The van der Waals surface area contributed by atoms with Crippen LogP contribution in [0.1, 0.15) is 70.6 Å². The van der Waals surface area contributed by atoms with Crippen LogP contribution in [0, 0.1) is 0 Å². The Kier molecular flexibility index (Phi) is 30.8. The molecule has 0 aromatic carbocycles. The van der Waals surface area contributed by atoms with Crippen LogP contribution in [0.2, 0.25) is 0 Å². The van der Waals surface area contributed by atoms with E-state index in [2.05, 4.69) is 35.3 Å². The Bertz CT molecular complexity index is 215. The predicted octanol–water partition coefficient (Wildman–Crippen LogP) is 7.29. The van der Waals surface area contributed by atoms with E-state index in [1.54, 1.807) is 0 Å². The van der Waals surface area contributed by atoms with E-state index < -0.39 is 0 Å². The molecule has 210 valence electrons. The zero-order valence-corrected chi connectivity index (χ0v) is 25.6. The number of thioether (sulfide) groups is 4. The molecule has 5 rings (SSSR count). The van der Waals surface area contributed by atoms with Crippen LogP contribution in [0.25, 0.3) is 0 Å². The van der Waals surface area contributed by atoms with Crippen molar-refractivity contribution in [2.45, 2.75) is 70.6 Å². The van der Waals surface area contributed by atoms with Gasteiger partial charge in [-0.2, -0.15) is 47.0 Å². The fourth-order valence-electron chi connectivity index (χ4n) is 3.48. The van der Waals surface area contributed by atoms with Gasteiger partial charge in [-0.05, 0) is 73.7 Å². The van der Waals surface area contributed by atoms with Crippen molar-refractivity contribution in [1.82, 2.24) is 0 Å². The maximum atomic E-state index is 5.19. The summed E-state index contributed by atoms with van der Waals surface area (Å²) < 4.78 is 20.5. The topological polar surface area (TPSA) is 36.9 Å². The lowest BCUT2D eigenvalue weighted by molar-refractivity contribution is 0.103. The lowest BCUT2D eigenvalue weighted by atomic mass is 10.2. The van der Waals surface area contributed by atoms with E-state index in [-0.39, 0.29) is 0 Å². The molecule has 0 saturated carbocycles. The molecule has 0 spiro atoms. The Morgan fingerprint density at radius 2 is 0.629 bits per heavy atom. The van der Waals surface area contributed by atoms with Crippen molar-refractivity contribution in [1.29, 1.82) is 0 Å². The van der Waals surface area contributed by atoms with Gasteiger partial charge >= 0.3 is 0 Å². The first-order valence-electron chi connectivity index (χ1n) is 14.1. The van der Waals surface area contributed by atoms with E-state index in [9.17, 15) is 0 Å². The van der Waals surface area contributed by atoms with Crippen LogP contribution >= 0.6 is 47.0 Å². The molecule has 5 aliphatic rings. The molecule has 0 unspecified atom stereocenters. The largest absolute Gasteiger partial charge is 0.381 e. The van der Waals surface area contributed by atoms with Crippen molar-refractivity contribution < 1.29 is 18.9 Å². The molecule has 8 heteroatoms. The number of hydrogen-bond acceptors (Lipinski definition) is 8. The molecule has 5 fully saturated rings. The predicted molar refractivity (Wildman–Crippen MR) is 163 cm³/mol. The molecule has 5 saturated heterocycles. The van der Waals surface area contributed by atoms with Gasteiger partial charge in [-0.15, -0.1) is 0 Å². The van der Waals surface area contributed by atoms with Crippen LogP contribution < -0.4 is 0 Å². The summed E-state index contributed by atoms with van der Waals surface area (Å²) in [6.07, 6.45) is 14.9. The highest BCUT2D eigenvalue weighted by Gasteiger charge is 1.98. The third-order valence-electron chi connectivity index (χ3n) is 5.50. The van der Waals surface area contributed by atoms with Crippen LogP contribution in [-0.2, 0) is 18.9 Å². The van der Waals surface area contributed by atoms with E-state index in [1.165, 1.54) is 110 Å². The molecular weight excluding hydrogens is 517 g/mol. The molecule has 0 atom stereocenters. The Labute approximate surface area is 234 Å². The smallest absolute Gasteiger partial charge is 0.0700 e. The van der Waals surface area contributed by atoms with Crippen LogP contribution in [0.15, 0.2) is 0 Å². The van der Waals surface area contributed by atoms with E-state index in [0.29, 0.717) is 0 Å². The number of hydrogen-bond donors (Lipinski definition) is 0. The van der Waals surface area contributed by atoms with Gasteiger partial charge in [0.25, 0.3) is 0 Å². The second-order valence-corrected chi connectivity index (χ2v) is 13.7. The van der Waals surface area contributed by atoms with Crippen molar-refractivity contribution in [3.63, 3.8) is 0 Å². The molecule has 0 N–H and O–H groups in total. The van der Waals surface area contributed by atoms with Gasteiger partial charge in [0, 0.05) is 50.3 Å². The van der Waals surface area contributed by atoms with Crippen molar-refractivity contribution in [3.05, 3.63) is 0 Å². The van der Waals surface area contributed by atoms with Gasteiger partial charge < -0.3 is 18.9 Å². The molecule has 0 aromatic heterocycles. The minimum Gasteiger partial charge on any atom is -0.381 e. The molecule has 5 heterocycles. The monoisotopic (exact) mass is 570 g/mol. The average molecular weight is 571 g/mol. The number of ether oxygens (including phenoxy) is 4. The molecular formula is C27H54O4S4. The summed E-state index contributed by atoms with van der Waals surface area (Å²) in [4.78, 5) is 0. The van der Waals surface area contributed by atoms with E-state index >= 15 is 0 Å². The Balaban J connectivity index is 0.000000219. The van der Waals surface area contributed by atoms with Gasteiger partial charge in [-0.3, -0.25) is 0 Å². The third-order valence-corrected chi connectivity index (χ3v) is 10.1. The summed E-state index contributed by atoms with van der Waals surface area (Å²) >= 11 is 8.30. The summed E-state index contributed by atoms with van der Waals surface area (Å²) in [6.45, 7) is 7.25. The molecule has 0 aromatic rings. The van der Waals surface area contributed by atoms with E-state index in [0.717, 1.165) is 59.3 Å². The molecule has 0 radical (unpaired) electrons. The Hall–Kier alpha value is 1.24. The summed E-state index contributed by atoms with van der Waals surface area (Å²) in [5, 5.41) is 0. The Morgan fingerprint density at radius 1 is 0.229 bits per heavy atom. The minimum atomic E-state index is 0.778. The maximum Gasteiger partial charge on any atom is 0.0700 e. The van der Waals surface area contributed by atoms with Crippen molar-refractivity contribution in [3.8, 4) is 0 Å². The normalized spacial score (nSPS) is 24.0. The van der Waals surface area contributed by atoms with Gasteiger partial charge in [-0.25, -0.2) is 0 Å². The molecule has 0 bridgehead atoms. The Morgan fingerprint density at radius 3 is 1.29 bits per heavy atom. The lowest BCUT2D eigenvalue weighted by Gasteiger charge is -1.91. The van der Waals surface area contributed by atoms with E-state index in [1.807, 2.05) is 11.8 Å². The second-order valence-electron chi connectivity index (χ2n) is 8.79. The first-order chi connectivity index (χ1) is 17.5. The van der Waals surface area contributed by atoms with Crippen molar-refractivity contribution in [2.24, 2.45) is 0 Å². The van der Waals surface area contributed by atoms with Crippen molar-refractivity contribution in [2.75, 3.05) is 98.9 Å². The molecule has 4 nitrogen and oxygen atoms in total. The fourth-order valence-corrected chi connectivity index (χ4v) is 7.50. The SMILES string of the molecule is C1CCCOCC1.C1CCCSCC1.C1COCCOC1.C1COCCSC1.C1CSCCSC1. The molecule has 35 heavy (non-hydrogen) atoms. The maximum absolute atomic E-state index is 5.19. The first-order valence-corrected chi connectivity index (χ1v) is 18.7. The summed E-state index contributed by atoms with van der Waals surface area (Å²) in [7, 11) is 0.